The van der Waals surface area contributed by atoms with Crippen LogP contribution in [0.4, 0.5) is 17.6 Å². The lowest BCUT2D eigenvalue weighted by atomic mass is 9.78. The maximum atomic E-state index is 12.9. The van der Waals surface area contributed by atoms with Gasteiger partial charge < -0.3 is 10.1 Å². The fraction of sp³-hybridized carbons (Fsp3) is 0.429. The number of hydrogen-bond acceptors (Lipinski definition) is 3. The molecule has 22 heavy (non-hydrogen) atoms. The molecule has 1 saturated heterocycles. The Morgan fingerprint density at radius 3 is 2.41 bits per heavy atom. The molecule has 0 radical (unpaired) electrons. The summed E-state index contributed by atoms with van der Waals surface area (Å²) in [4.78, 5) is 24.0. The van der Waals surface area contributed by atoms with Crippen molar-refractivity contribution in [1.29, 1.82) is 0 Å². The normalized spacial score (nSPS) is 25.0. The van der Waals surface area contributed by atoms with Crippen molar-refractivity contribution < 1.29 is 31.9 Å². The van der Waals surface area contributed by atoms with Crippen molar-refractivity contribution in [1.82, 2.24) is 5.32 Å². The Hall–Kier alpha value is -2.12. The summed E-state index contributed by atoms with van der Waals surface area (Å²) >= 11 is 0. The van der Waals surface area contributed by atoms with Crippen molar-refractivity contribution in [3.05, 3.63) is 35.6 Å². The minimum atomic E-state index is -4.66. The first-order chi connectivity index (χ1) is 10.2. The first kappa shape index (κ1) is 16.3. The summed E-state index contributed by atoms with van der Waals surface area (Å²) < 4.78 is 55.9. The van der Waals surface area contributed by atoms with E-state index in [1.54, 1.807) is 5.32 Å². The Morgan fingerprint density at radius 2 is 1.95 bits per heavy atom. The number of hydrogen-bond donors (Lipinski definition) is 1. The third kappa shape index (κ3) is 2.90. The van der Waals surface area contributed by atoms with Gasteiger partial charge in [0.2, 0.25) is 5.91 Å². The second-order valence-electron chi connectivity index (χ2n) is 5.15. The van der Waals surface area contributed by atoms with Gasteiger partial charge in [0.05, 0.1) is 7.11 Å². The van der Waals surface area contributed by atoms with Crippen LogP contribution in [0.25, 0.3) is 0 Å². The Kier molecular flexibility index (Phi) is 4.12. The van der Waals surface area contributed by atoms with Gasteiger partial charge in [0, 0.05) is 6.42 Å². The van der Waals surface area contributed by atoms with Gasteiger partial charge in [0.1, 0.15) is 11.9 Å². The summed E-state index contributed by atoms with van der Waals surface area (Å²) in [5.41, 5.74) is -1.60. The van der Waals surface area contributed by atoms with Gasteiger partial charge in [-0.3, -0.25) is 9.59 Å². The van der Waals surface area contributed by atoms with Gasteiger partial charge in [-0.1, -0.05) is 12.1 Å². The Bertz CT molecular complexity index is 585. The molecule has 2 rings (SSSR count). The molecule has 2 atom stereocenters. The smallest absolute Gasteiger partial charge is 0.408 e. The molecule has 8 heteroatoms. The average Bonchev–Trinajstić information content (AvgIpc) is 2.79. The Balaban J connectivity index is 2.35. The number of halogens is 4. The van der Waals surface area contributed by atoms with E-state index < -0.39 is 41.7 Å². The van der Waals surface area contributed by atoms with Crippen LogP contribution in [0.2, 0.25) is 0 Å². The molecular formula is C14H13F4NO3. The molecule has 1 aromatic carbocycles. The van der Waals surface area contributed by atoms with Crippen molar-refractivity contribution in [3.63, 3.8) is 0 Å². The molecule has 0 aliphatic carbocycles. The zero-order chi connectivity index (χ0) is 16.5. The number of carbonyl (C=O) groups is 2. The standard InChI is InChI=1S/C14H13F4NO3/c1-22-12(21)13(6-8-2-4-9(15)5-3-8)7-10(14(16,17)18)19-11(13)20/h2-5,10H,6-7H2,1H3,(H,19,20). The highest BCUT2D eigenvalue weighted by Gasteiger charge is 2.59. The van der Waals surface area contributed by atoms with Crippen molar-refractivity contribution in [2.24, 2.45) is 5.41 Å². The number of benzene rings is 1. The lowest BCUT2D eigenvalue weighted by molar-refractivity contribution is -0.159. The van der Waals surface area contributed by atoms with Gasteiger partial charge in [0.15, 0.2) is 5.41 Å². The molecule has 0 spiro atoms. The minimum absolute atomic E-state index is 0.293. The molecule has 0 bridgehead atoms. The maximum Gasteiger partial charge on any atom is 0.408 e. The zero-order valence-electron chi connectivity index (χ0n) is 11.5. The Morgan fingerprint density at radius 1 is 1.36 bits per heavy atom. The van der Waals surface area contributed by atoms with Gasteiger partial charge in [-0.15, -0.1) is 0 Å². The number of carbonyl (C=O) groups excluding carboxylic acids is 2. The number of amides is 1. The molecule has 0 aromatic heterocycles. The van der Waals surface area contributed by atoms with Crippen molar-refractivity contribution in [2.75, 3.05) is 7.11 Å². The lowest BCUT2D eigenvalue weighted by Crippen LogP contribution is -2.42. The van der Waals surface area contributed by atoms with Crippen LogP contribution in [0.3, 0.4) is 0 Å². The highest BCUT2D eigenvalue weighted by Crippen LogP contribution is 2.40. The molecular weight excluding hydrogens is 306 g/mol. The van der Waals surface area contributed by atoms with Crippen LogP contribution in [0.1, 0.15) is 12.0 Å². The predicted molar refractivity (Wildman–Crippen MR) is 67.2 cm³/mol. The van der Waals surface area contributed by atoms with E-state index in [-0.39, 0.29) is 6.42 Å². The van der Waals surface area contributed by atoms with E-state index in [1.807, 2.05) is 0 Å². The van der Waals surface area contributed by atoms with Crippen LogP contribution >= 0.6 is 0 Å². The van der Waals surface area contributed by atoms with Crippen molar-refractivity contribution in [3.8, 4) is 0 Å². The van der Waals surface area contributed by atoms with E-state index in [2.05, 4.69) is 4.74 Å². The van der Waals surface area contributed by atoms with Crippen molar-refractivity contribution >= 4 is 11.9 Å². The van der Waals surface area contributed by atoms with Gasteiger partial charge in [-0.2, -0.15) is 13.2 Å². The van der Waals surface area contributed by atoms with Gasteiger partial charge in [-0.25, -0.2) is 4.39 Å². The van der Waals surface area contributed by atoms with E-state index in [0.717, 1.165) is 19.2 Å². The summed E-state index contributed by atoms with van der Waals surface area (Å²) in [5.74, 6) is -2.60. The van der Waals surface area contributed by atoms with Crippen LogP contribution in [-0.2, 0) is 20.7 Å². The van der Waals surface area contributed by atoms with Crippen LogP contribution in [0, 0.1) is 11.2 Å². The number of ether oxygens (including phenoxy) is 1. The summed E-state index contributed by atoms with van der Waals surface area (Å²) in [6.45, 7) is 0. The van der Waals surface area contributed by atoms with E-state index >= 15 is 0 Å². The molecule has 1 aliphatic heterocycles. The average molecular weight is 319 g/mol. The minimum Gasteiger partial charge on any atom is -0.468 e. The second kappa shape index (κ2) is 5.58. The molecule has 4 nitrogen and oxygen atoms in total. The molecule has 0 saturated carbocycles. The number of rotatable bonds is 3. The van der Waals surface area contributed by atoms with Gasteiger partial charge in [-0.05, 0) is 24.1 Å². The second-order valence-corrected chi connectivity index (χ2v) is 5.15. The molecule has 1 heterocycles. The first-order valence-electron chi connectivity index (χ1n) is 6.39. The molecule has 1 amide bonds. The summed E-state index contributed by atoms with van der Waals surface area (Å²) in [5, 5.41) is 1.79. The van der Waals surface area contributed by atoms with E-state index in [0.29, 0.717) is 5.56 Å². The third-order valence-electron chi connectivity index (χ3n) is 3.68. The predicted octanol–water partition coefficient (Wildman–Crippen LogP) is 1.98. The summed E-state index contributed by atoms with van der Waals surface area (Å²) in [7, 11) is 1.00. The Labute approximate surface area is 123 Å². The maximum absolute atomic E-state index is 12.9. The topological polar surface area (TPSA) is 55.4 Å². The molecule has 2 unspecified atom stereocenters. The van der Waals surface area contributed by atoms with Crippen molar-refractivity contribution in [2.45, 2.75) is 25.1 Å². The fourth-order valence-corrected chi connectivity index (χ4v) is 2.53. The van der Waals surface area contributed by atoms with E-state index in [1.165, 1.54) is 12.1 Å². The molecule has 120 valence electrons. The quantitative estimate of drug-likeness (QED) is 0.526. The third-order valence-corrected chi connectivity index (χ3v) is 3.68. The van der Waals surface area contributed by atoms with E-state index in [4.69, 9.17) is 0 Å². The van der Waals surface area contributed by atoms with Crippen LogP contribution in [0.5, 0.6) is 0 Å². The summed E-state index contributed by atoms with van der Waals surface area (Å²) in [6, 6.07) is 2.73. The zero-order valence-corrected chi connectivity index (χ0v) is 11.5. The highest BCUT2D eigenvalue weighted by molar-refractivity contribution is 6.04. The molecule has 1 aliphatic rings. The number of esters is 1. The van der Waals surface area contributed by atoms with Gasteiger partial charge in [0.25, 0.3) is 0 Å². The first-order valence-corrected chi connectivity index (χ1v) is 6.39. The fourth-order valence-electron chi connectivity index (χ4n) is 2.53. The number of alkyl halides is 3. The number of methoxy groups -OCH3 is 1. The molecule has 1 N–H and O–H groups in total. The lowest BCUT2D eigenvalue weighted by Gasteiger charge is -2.23. The summed E-state index contributed by atoms with van der Waals surface area (Å²) in [6.07, 6.45) is -5.70. The van der Waals surface area contributed by atoms with E-state index in [9.17, 15) is 27.2 Å². The monoisotopic (exact) mass is 319 g/mol. The van der Waals surface area contributed by atoms with Crippen LogP contribution < -0.4 is 5.32 Å². The number of nitrogens with one attached hydrogen (secondary N) is 1. The SMILES string of the molecule is COC(=O)C1(Cc2ccc(F)cc2)CC(C(F)(F)F)NC1=O. The van der Waals surface area contributed by atoms with Crippen LogP contribution in [0.15, 0.2) is 24.3 Å². The largest absolute Gasteiger partial charge is 0.468 e. The van der Waals surface area contributed by atoms with Crippen LogP contribution in [-0.4, -0.2) is 31.2 Å². The van der Waals surface area contributed by atoms with Gasteiger partial charge >= 0.3 is 12.1 Å². The highest BCUT2D eigenvalue weighted by atomic mass is 19.4. The molecule has 1 aromatic rings. The molecule has 1 fully saturated rings.